The molecular weight excluding hydrogens is 366 g/mol. The molecule has 1 fully saturated rings. The fraction of sp³-hybridized carbons (Fsp3) is 0.421. The molecule has 0 aromatic heterocycles. The van der Waals surface area contributed by atoms with Gasteiger partial charge in [0.1, 0.15) is 11.4 Å². The van der Waals surface area contributed by atoms with Gasteiger partial charge in [0.2, 0.25) is 0 Å². The van der Waals surface area contributed by atoms with Crippen molar-refractivity contribution in [1.82, 2.24) is 9.80 Å². The van der Waals surface area contributed by atoms with Crippen molar-refractivity contribution in [1.29, 1.82) is 0 Å². The van der Waals surface area contributed by atoms with Gasteiger partial charge in [-0.2, -0.15) is 0 Å². The minimum Gasteiger partial charge on any atom is -0.484 e. The average Bonchev–Trinajstić information content (AvgIpc) is 2.96. The van der Waals surface area contributed by atoms with Crippen LogP contribution in [0.1, 0.15) is 5.56 Å². The highest BCUT2D eigenvalue weighted by atomic mass is 16.5. The second-order valence-electron chi connectivity index (χ2n) is 6.46. The SMILES string of the molecule is Cc1cc(OCC(=O)N2CCOCC2)ccc1NC1=CC(=O)N(CCO)C1=O. The first-order valence-electron chi connectivity index (χ1n) is 9.04. The van der Waals surface area contributed by atoms with E-state index in [0.717, 1.165) is 10.5 Å². The summed E-state index contributed by atoms with van der Waals surface area (Å²) < 4.78 is 10.8. The second-order valence-corrected chi connectivity index (χ2v) is 6.46. The zero-order chi connectivity index (χ0) is 20.1. The van der Waals surface area contributed by atoms with E-state index < -0.39 is 11.8 Å². The van der Waals surface area contributed by atoms with E-state index in [1.54, 1.807) is 23.1 Å². The van der Waals surface area contributed by atoms with Gasteiger partial charge in [0.25, 0.3) is 17.7 Å². The maximum atomic E-state index is 12.2. The summed E-state index contributed by atoms with van der Waals surface area (Å²) in [6.07, 6.45) is 1.21. The van der Waals surface area contributed by atoms with Crippen molar-refractivity contribution < 1.29 is 29.0 Å². The molecule has 0 aliphatic carbocycles. The van der Waals surface area contributed by atoms with Crippen LogP contribution in [0.2, 0.25) is 0 Å². The molecule has 2 aliphatic heterocycles. The topological polar surface area (TPSA) is 108 Å². The molecule has 1 aromatic rings. The third-order valence-electron chi connectivity index (χ3n) is 4.53. The Bertz CT molecular complexity index is 801. The molecule has 0 spiro atoms. The van der Waals surface area contributed by atoms with Crippen molar-refractivity contribution in [3.05, 3.63) is 35.5 Å². The highest BCUT2D eigenvalue weighted by Gasteiger charge is 2.30. The zero-order valence-electron chi connectivity index (χ0n) is 15.6. The monoisotopic (exact) mass is 389 g/mol. The Morgan fingerprint density at radius 3 is 2.71 bits per heavy atom. The molecule has 0 saturated carbocycles. The largest absolute Gasteiger partial charge is 0.484 e. The Hall–Kier alpha value is -2.91. The van der Waals surface area contributed by atoms with Crippen molar-refractivity contribution in [3.8, 4) is 5.75 Å². The molecule has 9 heteroatoms. The van der Waals surface area contributed by atoms with Gasteiger partial charge in [-0.1, -0.05) is 0 Å². The minimum atomic E-state index is -0.477. The normalized spacial score (nSPS) is 17.0. The molecule has 0 bridgehead atoms. The Labute approximate surface area is 162 Å². The number of carbonyl (C=O) groups is 3. The van der Waals surface area contributed by atoms with Crippen molar-refractivity contribution >= 4 is 23.4 Å². The average molecular weight is 389 g/mol. The molecule has 1 aromatic carbocycles. The lowest BCUT2D eigenvalue weighted by atomic mass is 10.2. The number of benzene rings is 1. The lowest BCUT2D eigenvalue weighted by Gasteiger charge is -2.26. The van der Waals surface area contributed by atoms with Gasteiger partial charge < -0.3 is 24.8 Å². The lowest BCUT2D eigenvalue weighted by molar-refractivity contribution is -0.138. The molecular formula is C19H23N3O6. The number of nitrogens with one attached hydrogen (secondary N) is 1. The summed E-state index contributed by atoms with van der Waals surface area (Å²) in [5.74, 6) is -0.489. The number of β-amino-alcohol motifs (C(OH)–C–C–N with tert-alkyl or cyclic N) is 1. The van der Waals surface area contributed by atoms with Crippen LogP contribution in [0, 0.1) is 6.92 Å². The highest BCUT2D eigenvalue weighted by molar-refractivity contribution is 6.17. The summed E-state index contributed by atoms with van der Waals surface area (Å²) in [5, 5.41) is 11.9. The van der Waals surface area contributed by atoms with Crippen LogP contribution < -0.4 is 10.1 Å². The van der Waals surface area contributed by atoms with E-state index in [9.17, 15) is 14.4 Å². The molecule has 0 radical (unpaired) electrons. The number of morpholine rings is 1. The Kier molecular flexibility index (Phi) is 6.27. The number of aliphatic hydroxyl groups excluding tert-OH is 1. The predicted octanol–water partition coefficient (Wildman–Crippen LogP) is -0.110. The number of anilines is 1. The number of rotatable bonds is 7. The van der Waals surface area contributed by atoms with Gasteiger partial charge in [-0.25, -0.2) is 0 Å². The van der Waals surface area contributed by atoms with Gasteiger partial charge in [0.15, 0.2) is 6.61 Å². The van der Waals surface area contributed by atoms with Crippen molar-refractivity contribution in [2.24, 2.45) is 0 Å². The molecule has 2 N–H and O–H groups in total. The number of nitrogens with zero attached hydrogens (tertiary/aromatic N) is 2. The van der Waals surface area contributed by atoms with Crippen LogP contribution in [0.5, 0.6) is 5.75 Å². The summed E-state index contributed by atoms with van der Waals surface area (Å²) in [6.45, 7) is 3.66. The zero-order valence-corrected chi connectivity index (χ0v) is 15.6. The van der Waals surface area contributed by atoms with Crippen molar-refractivity contribution in [3.63, 3.8) is 0 Å². The fourth-order valence-corrected chi connectivity index (χ4v) is 2.97. The third kappa shape index (κ3) is 4.49. The van der Waals surface area contributed by atoms with Crippen LogP contribution in [0.15, 0.2) is 30.0 Å². The smallest absolute Gasteiger partial charge is 0.277 e. The van der Waals surface area contributed by atoms with Crippen molar-refractivity contribution in [2.75, 3.05) is 51.4 Å². The van der Waals surface area contributed by atoms with Gasteiger partial charge in [0, 0.05) is 24.9 Å². The van der Waals surface area contributed by atoms with Gasteiger partial charge in [-0.3, -0.25) is 19.3 Å². The van der Waals surface area contributed by atoms with Crippen LogP contribution in [0.4, 0.5) is 5.69 Å². The van der Waals surface area contributed by atoms with Crippen LogP contribution in [-0.4, -0.2) is 78.7 Å². The third-order valence-corrected chi connectivity index (χ3v) is 4.53. The van der Waals surface area contributed by atoms with E-state index >= 15 is 0 Å². The van der Waals surface area contributed by atoms with Crippen LogP contribution >= 0.6 is 0 Å². The molecule has 9 nitrogen and oxygen atoms in total. The summed E-state index contributed by atoms with van der Waals surface area (Å²) in [4.78, 5) is 38.8. The first-order valence-corrected chi connectivity index (χ1v) is 9.04. The quantitative estimate of drug-likeness (QED) is 0.627. The van der Waals surface area contributed by atoms with E-state index in [2.05, 4.69) is 5.32 Å². The van der Waals surface area contributed by atoms with Crippen LogP contribution in [0.25, 0.3) is 0 Å². The summed E-state index contributed by atoms with van der Waals surface area (Å²) >= 11 is 0. The number of aliphatic hydroxyl groups is 1. The Morgan fingerprint density at radius 1 is 1.29 bits per heavy atom. The maximum absolute atomic E-state index is 12.2. The van der Waals surface area contributed by atoms with Gasteiger partial charge in [-0.15, -0.1) is 0 Å². The second kappa shape index (κ2) is 8.85. The number of carbonyl (C=O) groups excluding carboxylic acids is 3. The van der Waals surface area contributed by atoms with Gasteiger partial charge in [-0.05, 0) is 30.7 Å². The first-order chi connectivity index (χ1) is 13.5. The minimum absolute atomic E-state index is 0.0394. The molecule has 3 amide bonds. The maximum Gasteiger partial charge on any atom is 0.277 e. The van der Waals surface area contributed by atoms with E-state index in [1.165, 1.54) is 6.08 Å². The molecule has 0 unspecified atom stereocenters. The van der Waals surface area contributed by atoms with Crippen molar-refractivity contribution in [2.45, 2.75) is 6.92 Å². The number of ether oxygens (including phenoxy) is 2. The van der Waals surface area contributed by atoms with Gasteiger partial charge in [0.05, 0.1) is 26.4 Å². The number of amides is 3. The standard InChI is InChI=1S/C19H23N3O6/c1-13-10-14(28-12-18(25)21-5-8-27-9-6-21)2-3-15(13)20-16-11-17(24)22(4-7-23)19(16)26/h2-3,10-11,20,23H,4-9,12H2,1H3. The lowest BCUT2D eigenvalue weighted by Crippen LogP contribution is -2.42. The predicted molar refractivity (Wildman–Crippen MR) is 99.6 cm³/mol. The molecule has 0 atom stereocenters. The molecule has 2 heterocycles. The molecule has 28 heavy (non-hydrogen) atoms. The molecule has 2 aliphatic rings. The fourth-order valence-electron chi connectivity index (χ4n) is 2.97. The Morgan fingerprint density at radius 2 is 2.04 bits per heavy atom. The van der Waals surface area contributed by atoms with E-state index in [4.69, 9.17) is 14.6 Å². The Balaban J connectivity index is 1.58. The van der Waals surface area contributed by atoms with Crippen LogP contribution in [0.3, 0.4) is 0 Å². The van der Waals surface area contributed by atoms with E-state index in [-0.39, 0.29) is 31.4 Å². The number of aryl methyl sites for hydroxylation is 1. The molecule has 3 rings (SSSR count). The number of hydrogen-bond acceptors (Lipinski definition) is 7. The van der Waals surface area contributed by atoms with E-state index in [0.29, 0.717) is 37.7 Å². The summed E-state index contributed by atoms with van der Waals surface area (Å²) in [7, 11) is 0. The van der Waals surface area contributed by atoms with Crippen LogP contribution in [-0.2, 0) is 19.1 Å². The first kappa shape index (κ1) is 19.8. The number of imide groups is 1. The molecule has 150 valence electrons. The van der Waals surface area contributed by atoms with E-state index in [1.807, 2.05) is 6.92 Å². The molecule has 1 saturated heterocycles. The number of hydrogen-bond donors (Lipinski definition) is 2. The highest BCUT2D eigenvalue weighted by Crippen LogP contribution is 2.24. The summed E-state index contributed by atoms with van der Waals surface area (Å²) in [5.41, 5.74) is 1.58. The van der Waals surface area contributed by atoms with Gasteiger partial charge >= 0.3 is 0 Å². The summed E-state index contributed by atoms with van der Waals surface area (Å²) in [6, 6.07) is 5.16.